The lowest BCUT2D eigenvalue weighted by Gasteiger charge is -2.20. The minimum Gasteiger partial charge on any atom is -0.497 e. The van der Waals surface area contributed by atoms with Gasteiger partial charge in [-0.1, -0.05) is 0 Å². The molecule has 2 atom stereocenters. The van der Waals surface area contributed by atoms with Gasteiger partial charge < -0.3 is 19.5 Å². The molecule has 0 aromatic heterocycles. The van der Waals surface area contributed by atoms with Crippen LogP contribution in [0.4, 0.5) is 0 Å². The summed E-state index contributed by atoms with van der Waals surface area (Å²) in [6.45, 7) is 4.92. The summed E-state index contributed by atoms with van der Waals surface area (Å²) < 4.78 is 15.8. The number of rotatable bonds is 7. The average molecular weight is 253 g/mol. The van der Waals surface area contributed by atoms with Crippen LogP contribution in [0.15, 0.2) is 18.2 Å². The minimum absolute atomic E-state index is 0.174. The summed E-state index contributed by atoms with van der Waals surface area (Å²) in [7, 11) is 5.05. The molecule has 18 heavy (non-hydrogen) atoms. The van der Waals surface area contributed by atoms with Crippen LogP contribution in [-0.2, 0) is 4.74 Å². The number of nitrogens with one attached hydrogen (secondary N) is 1. The molecule has 0 heterocycles. The second-order valence-electron chi connectivity index (χ2n) is 4.28. The third-order valence-electron chi connectivity index (χ3n) is 3.02. The maximum atomic E-state index is 5.37. The van der Waals surface area contributed by atoms with E-state index in [9.17, 15) is 0 Å². The molecule has 0 saturated heterocycles. The third-order valence-corrected chi connectivity index (χ3v) is 3.02. The second-order valence-corrected chi connectivity index (χ2v) is 4.28. The highest BCUT2D eigenvalue weighted by molar-refractivity contribution is 5.42. The van der Waals surface area contributed by atoms with E-state index in [1.54, 1.807) is 21.3 Å². The summed E-state index contributed by atoms with van der Waals surface area (Å²) in [6.07, 6.45) is 0.184. The molecule has 0 aliphatic heterocycles. The maximum absolute atomic E-state index is 5.37. The monoisotopic (exact) mass is 253 g/mol. The molecule has 4 nitrogen and oxygen atoms in total. The van der Waals surface area contributed by atoms with E-state index in [4.69, 9.17) is 14.2 Å². The molecule has 1 aromatic carbocycles. The summed E-state index contributed by atoms with van der Waals surface area (Å²) in [5, 5.41) is 3.42. The normalized spacial score (nSPS) is 14.1. The van der Waals surface area contributed by atoms with Gasteiger partial charge >= 0.3 is 0 Å². The quantitative estimate of drug-likeness (QED) is 0.810. The molecule has 0 fully saturated rings. The largest absolute Gasteiger partial charge is 0.497 e. The molecule has 2 unspecified atom stereocenters. The zero-order valence-corrected chi connectivity index (χ0v) is 11.8. The van der Waals surface area contributed by atoms with E-state index in [1.165, 1.54) is 0 Å². The van der Waals surface area contributed by atoms with E-state index in [0.717, 1.165) is 23.6 Å². The first-order valence-corrected chi connectivity index (χ1v) is 6.10. The van der Waals surface area contributed by atoms with Gasteiger partial charge in [0, 0.05) is 25.3 Å². The van der Waals surface area contributed by atoms with Crippen LogP contribution in [0.3, 0.4) is 0 Å². The average Bonchev–Trinajstić information content (AvgIpc) is 2.43. The lowest BCUT2D eigenvalue weighted by atomic mass is 10.1. The number of hydrogen-bond acceptors (Lipinski definition) is 4. The molecule has 1 N–H and O–H groups in total. The van der Waals surface area contributed by atoms with Crippen LogP contribution >= 0.6 is 0 Å². The van der Waals surface area contributed by atoms with Gasteiger partial charge in [-0.15, -0.1) is 0 Å². The van der Waals surface area contributed by atoms with Crippen LogP contribution in [0.2, 0.25) is 0 Å². The molecule has 0 amide bonds. The molecule has 102 valence electrons. The van der Waals surface area contributed by atoms with Crippen molar-refractivity contribution >= 4 is 0 Å². The Labute approximate surface area is 109 Å². The summed E-state index contributed by atoms with van der Waals surface area (Å²) in [6, 6.07) is 5.99. The molecule has 0 bridgehead atoms. The predicted octanol–water partition coefficient (Wildman–Crippen LogP) is 2.39. The highest BCUT2D eigenvalue weighted by Crippen LogP contribution is 2.29. The van der Waals surface area contributed by atoms with Crippen LogP contribution in [0.1, 0.15) is 25.5 Å². The smallest absolute Gasteiger partial charge is 0.123 e. The highest BCUT2D eigenvalue weighted by Gasteiger charge is 2.13. The lowest BCUT2D eigenvalue weighted by molar-refractivity contribution is 0.114. The van der Waals surface area contributed by atoms with E-state index in [-0.39, 0.29) is 12.1 Å². The topological polar surface area (TPSA) is 39.7 Å². The zero-order valence-electron chi connectivity index (χ0n) is 11.8. The second kappa shape index (κ2) is 7.24. The van der Waals surface area contributed by atoms with Crippen molar-refractivity contribution in [2.45, 2.75) is 26.0 Å². The molecular formula is C14H23NO3. The number of methoxy groups -OCH3 is 3. The number of benzene rings is 1. The van der Waals surface area contributed by atoms with Crippen molar-refractivity contribution in [1.82, 2.24) is 5.32 Å². The molecule has 0 spiro atoms. The van der Waals surface area contributed by atoms with Crippen molar-refractivity contribution in [1.29, 1.82) is 0 Å². The number of ether oxygens (including phenoxy) is 3. The molecular weight excluding hydrogens is 230 g/mol. The summed E-state index contributed by atoms with van der Waals surface area (Å²) >= 11 is 0. The van der Waals surface area contributed by atoms with E-state index in [1.807, 2.05) is 25.1 Å². The van der Waals surface area contributed by atoms with Crippen LogP contribution < -0.4 is 14.8 Å². The SMILES string of the molecule is COc1ccc(OC)c(C(C)NCC(C)OC)c1. The molecule has 4 heteroatoms. The van der Waals surface area contributed by atoms with E-state index in [0.29, 0.717) is 0 Å². The first-order chi connectivity index (χ1) is 8.62. The van der Waals surface area contributed by atoms with Gasteiger partial charge in [0.2, 0.25) is 0 Å². The van der Waals surface area contributed by atoms with Crippen molar-refractivity contribution < 1.29 is 14.2 Å². The van der Waals surface area contributed by atoms with Crippen LogP contribution in [0, 0.1) is 0 Å². The molecule has 0 aliphatic carbocycles. The first kappa shape index (κ1) is 14.8. The van der Waals surface area contributed by atoms with Crippen molar-refractivity contribution in [3.63, 3.8) is 0 Å². The third kappa shape index (κ3) is 3.89. The standard InChI is InChI=1S/C14H23NO3/c1-10(16-3)9-15-11(2)13-8-12(17-4)6-7-14(13)18-5/h6-8,10-11,15H,9H2,1-5H3. The molecule has 0 radical (unpaired) electrons. The van der Waals surface area contributed by atoms with Gasteiger partial charge in [-0.2, -0.15) is 0 Å². The van der Waals surface area contributed by atoms with Crippen molar-refractivity contribution in [2.75, 3.05) is 27.9 Å². The Morgan fingerprint density at radius 2 is 1.83 bits per heavy atom. The van der Waals surface area contributed by atoms with Gasteiger partial charge in [0.15, 0.2) is 0 Å². The molecule has 1 aromatic rings. The van der Waals surface area contributed by atoms with E-state index >= 15 is 0 Å². The number of hydrogen-bond donors (Lipinski definition) is 1. The summed E-state index contributed by atoms with van der Waals surface area (Å²) in [5.41, 5.74) is 1.08. The van der Waals surface area contributed by atoms with Crippen molar-refractivity contribution in [2.24, 2.45) is 0 Å². The van der Waals surface area contributed by atoms with Gasteiger partial charge in [0.05, 0.1) is 20.3 Å². The van der Waals surface area contributed by atoms with E-state index < -0.39 is 0 Å². The van der Waals surface area contributed by atoms with Gasteiger partial charge in [-0.05, 0) is 32.0 Å². The van der Waals surface area contributed by atoms with Crippen molar-refractivity contribution in [3.8, 4) is 11.5 Å². The maximum Gasteiger partial charge on any atom is 0.123 e. The summed E-state index contributed by atoms with van der Waals surface area (Å²) in [4.78, 5) is 0. The van der Waals surface area contributed by atoms with Gasteiger partial charge in [0.1, 0.15) is 11.5 Å². The Balaban J connectivity index is 2.78. The fourth-order valence-corrected chi connectivity index (χ4v) is 1.71. The highest BCUT2D eigenvalue weighted by atomic mass is 16.5. The Bertz CT molecular complexity index is 368. The summed E-state index contributed by atoms with van der Waals surface area (Å²) in [5.74, 6) is 1.69. The minimum atomic E-state index is 0.174. The predicted molar refractivity (Wildman–Crippen MR) is 72.4 cm³/mol. The molecule has 0 aliphatic rings. The molecule has 1 rings (SSSR count). The van der Waals surface area contributed by atoms with Crippen molar-refractivity contribution in [3.05, 3.63) is 23.8 Å². The Morgan fingerprint density at radius 1 is 1.11 bits per heavy atom. The Morgan fingerprint density at radius 3 is 2.39 bits per heavy atom. The first-order valence-electron chi connectivity index (χ1n) is 6.10. The van der Waals surface area contributed by atoms with Crippen LogP contribution in [0.5, 0.6) is 11.5 Å². The van der Waals surface area contributed by atoms with E-state index in [2.05, 4.69) is 12.2 Å². The fourth-order valence-electron chi connectivity index (χ4n) is 1.71. The van der Waals surface area contributed by atoms with Crippen LogP contribution in [0.25, 0.3) is 0 Å². The lowest BCUT2D eigenvalue weighted by Crippen LogP contribution is -2.28. The van der Waals surface area contributed by atoms with Crippen LogP contribution in [-0.4, -0.2) is 34.0 Å². The Hall–Kier alpha value is -1.26. The van der Waals surface area contributed by atoms with Gasteiger partial charge in [-0.25, -0.2) is 0 Å². The Kier molecular flexibility index (Phi) is 5.95. The zero-order chi connectivity index (χ0) is 13.5. The molecule has 0 saturated carbocycles. The fraction of sp³-hybridized carbons (Fsp3) is 0.571. The van der Waals surface area contributed by atoms with Gasteiger partial charge in [0.25, 0.3) is 0 Å². The van der Waals surface area contributed by atoms with Gasteiger partial charge in [-0.3, -0.25) is 0 Å².